The quantitative estimate of drug-likeness (QED) is 0.347. The van der Waals surface area contributed by atoms with Gasteiger partial charge in [-0.05, 0) is 86.5 Å². The Hall–Kier alpha value is -4.11. The van der Waals surface area contributed by atoms with Crippen molar-refractivity contribution >= 4 is 46.5 Å². The van der Waals surface area contributed by atoms with Gasteiger partial charge in [-0.1, -0.05) is 37.5 Å². The lowest BCUT2D eigenvalue weighted by Gasteiger charge is -2.30. The van der Waals surface area contributed by atoms with E-state index in [1.165, 1.54) is 30.3 Å². The molecule has 1 saturated carbocycles. The molecule has 2 N–H and O–H groups in total. The molecule has 8 nitrogen and oxygen atoms in total. The van der Waals surface area contributed by atoms with Crippen molar-refractivity contribution < 1.29 is 24.6 Å². The third-order valence-electron chi connectivity index (χ3n) is 7.18. The minimum absolute atomic E-state index is 0.0626. The minimum Gasteiger partial charge on any atom is -0.478 e. The maximum atomic E-state index is 13.7. The Labute approximate surface area is 230 Å². The van der Waals surface area contributed by atoms with Crippen LogP contribution in [0.2, 0.25) is 0 Å². The second-order valence-corrected chi connectivity index (χ2v) is 10.9. The molecule has 0 unspecified atom stereocenters. The predicted octanol–water partition coefficient (Wildman–Crippen LogP) is 6.43. The van der Waals surface area contributed by atoms with Crippen LogP contribution in [0.3, 0.4) is 0 Å². The lowest BCUT2D eigenvalue weighted by atomic mass is 9.94. The summed E-state index contributed by atoms with van der Waals surface area (Å²) in [6, 6.07) is 15.7. The number of carbonyl (C=O) groups is 3. The number of amides is 1. The van der Waals surface area contributed by atoms with Crippen molar-refractivity contribution in [1.82, 2.24) is 9.47 Å². The number of rotatable bonds is 6. The first kappa shape index (κ1) is 26.5. The molecule has 2 aromatic carbocycles. The molecule has 1 saturated heterocycles. The molecule has 0 spiro atoms. The van der Waals surface area contributed by atoms with Gasteiger partial charge in [-0.15, -0.1) is 0 Å². The first-order chi connectivity index (χ1) is 18.7. The fourth-order valence-electron chi connectivity index (χ4n) is 5.30. The fraction of sp³-hybridized carbons (Fsp3) is 0.267. The summed E-state index contributed by atoms with van der Waals surface area (Å²) in [6.07, 6.45) is 7.12. The van der Waals surface area contributed by atoms with E-state index in [1.54, 1.807) is 0 Å². The number of carbonyl (C=O) groups excluding carboxylic acids is 1. The maximum absolute atomic E-state index is 13.7. The van der Waals surface area contributed by atoms with Gasteiger partial charge in [0.2, 0.25) is 0 Å². The van der Waals surface area contributed by atoms with Crippen LogP contribution in [0.25, 0.3) is 11.8 Å². The van der Waals surface area contributed by atoms with Gasteiger partial charge in [0, 0.05) is 23.1 Å². The number of amidine groups is 1. The van der Waals surface area contributed by atoms with E-state index in [-0.39, 0.29) is 23.1 Å². The molecule has 2 aliphatic rings. The third kappa shape index (κ3) is 5.40. The summed E-state index contributed by atoms with van der Waals surface area (Å²) in [5, 5.41) is 19.7. The summed E-state index contributed by atoms with van der Waals surface area (Å²) in [7, 11) is 0. The summed E-state index contributed by atoms with van der Waals surface area (Å²) in [5.74, 6) is -2.47. The molecule has 200 valence electrons. The molecular formula is C30H29N3O5S. The van der Waals surface area contributed by atoms with Crippen molar-refractivity contribution in [3.63, 3.8) is 0 Å². The number of aromatic nitrogens is 1. The maximum Gasteiger partial charge on any atom is 0.335 e. The Morgan fingerprint density at radius 3 is 2.21 bits per heavy atom. The highest BCUT2D eigenvalue weighted by molar-refractivity contribution is 8.18. The van der Waals surface area contributed by atoms with Gasteiger partial charge < -0.3 is 14.8 Å². The number of para-hydroxylation sites is 1. The Bertz CT molecular complexity index is 1480. The van der Waals surface area contributed by atoms with E-state index < -0.39 is 11.9 Å². The lowest BCUT2D eigenvalue weighted by Crippen LogP contribution is -2.40. The number of carboxylic acid groups (broad SMARTS) is 2. The van der Waals surface area contributed by atoms with Gasteiger partial charge in [0.25, 0.3) is 5.91 Å². The number of nitrogens with zero attached hydrogens (tertiary/aromatic N) is 3. The summed E-state index contributed by atoms with van der Waals surface area (Å²) >= 11 is 1.37. The van der Waals surface area contributed by atoms with Crippen LogP contribution in [0, 0.1) is 13.8 Å². The van der Waals surface area contributed by atoms with Crippen LogP contribution >= 0.6 is 11.8 Å². The second-order valence-electron chi connectivity index (χ2n) is 9.85. The van der Waals surface area contributed by atoms with Gasteiger partial charge in [0.05, 0.1) is 21.7 Å². The first-order valence-electron chi connectivity index (χ1n) is 12.9. The average Bonchev–Trinajstić information content (AvgIpc) is 3.38. The van der Waals surface area contributed by atoms with E-state index in [0.717, 1.165) is 54.4 Å². The zero-order valence-corrected chi connectivity index (χ0v) is 22.6. The van der Waals surface area contributed by atoms with Gasteiger partial charge >= 0.3 is 11.9 Å². The van der Waals surface area contributed by atoms with Crippen LogP contribution in [-0.4, -0.2) is 48.7 Å². The first-order valence-corrected chi connectivity index (χ1v) is 13.7. The molecule has 0 radical (unpaired) electrons. The van der Waals surface area contributed by atoms with E-state index in [9.17, 15) is 24.6 Å². The van der Waals surface area contributed by atoms with Crippen LogP contribution in [0.4, 0.5) is 5.69 Å². The summed E-state index contributed by atoms with van der Waals surface area (Å²) in [5.41, 5.74) is 3.37. The van der Waals surface area contributed by atoms with Crippen molar-refractivity contribution in [2.75, 3.05) is 0 Å². The fourth-order valence-corrected chi connectivity index (χ4v) is 6.35. The normalized spacial score (nSPS) is 18.3. The van der Waals surface area contributed by atoms with Crippen molar-refractivity contribution in [2.45, 2.75) is 52.0 Å². The Morgan fingerprint density at radius 2 is 1.59 bits per heavy atom. The number of hydrogen-bond donors (Lipinski definition) is 2. The molecule has 1 aromatic heterocycles. The molecule has 0 atom stereocenters. The zero-order chi connectivity index (χ0) is 27.7. The van der Waals surface area contributed by atoms with E-state index in [2.05, 4.69) is 0 Å². The van der Waals surface area contributed by atoms with Crippen molar-refractivity contribution in [1.29, 1.82) is 0 Å². The number of thioether (sulfide) groups is 1. The molecule has 2 heterocycles. The van der Waals surface area contributed by atoms with E-state index in [4.69, 9.17) is 4.99 Å². The smallest absolute Gasteiger partial charge is 0.335 e. The van der Waals surface area contributed by atoms with Crippen molar-refractivity contribution in [3.05, 3.63) is 87.6 Å². The third-order valence-corrected chi connectivity index (χ3v) is 8.17. The van der Waals surface area contributed by atoms with Crippen molar-refractivity contribution in [3.8, 4) is 5.69 Å². The van der Waals surface area contributed by atoms with E-state index in [1.807, 2.05) is 65.8 Å². The Kier molecular flexibility index (Phi) is 7.43. The Balaban J connectivity index is 1.55. The van der Waals surface area contributed by atoms with E-state index in [0.29, 0.717) is 15.8 Å². The lowest BCUT2D eigenvalue weighted by molar-refractivity contribution is -0.124. The van der Waals surface area contributed by atoms with Crippen LogP contribution < -0.4 is 0 Å². The van der Waals surface area contributed by atoms with Crippen LogP contribution in [0.5, 0.6) is 0 Å². The van der Waals surface area contributed by atoms with Gasteiger partial charge in [-0.3, -0.25) is 9.69 Å². The minimum atomic E-state index is -1.20. The monoisotopic (exact) mass is 543 g/mol. The number of hydrogen-bond acceptors (Lipinski definition) is 5. The molecule has 9 heteroatoms. The molecular weight excluding hydrogens is 514 g/mol. The topological polar surface area (TPSA) is 112 Å². The largest absolute Gasteiger partial charge is 0.478 e. The van der Waals surface area contributed by atoms with E-state index >= 15 is 0 Å². The highest BCUT2D eigenvalue weighted by Gasteiger charge is 2.38. The van der Waals surface area contributed by atoms with Gasteiger partial charge in [-0.25, -0.2) is 14.6 Å². The molecule has 3 aromatic rings. The summed E-state index contributed by atoms with van der Waals surface area (Å²) in [4.78, 5) is 44.3. The van der Waals surface area contributed by atoms with Crippen LogP contribution in [0.15, 0.2) is 64.5 Å². The predicted molar refractivity (Wildman–Crippen MR) is 152 cm³/mol. The SMILES string of the molecule is Cc1cc(/C=C2\SC(=Nc3ccccc3)N(C3CCCCC3)C2=O)c(C)n1-c1cc(C(=O)O)cc(C(=O)O)c1. The summed E-state index contributed by atoms with van der Waals surface area (Å²) < 4.78 is 1.81. The highest BCUT2D eigenvalue weighted by atomic mass is 32.2. The highest BCUT2D eigenvalue weighted by Crippen LogP contribution is 2.39. The van der Waals surface area contributed by atoms with Gasteiger partial charge in [-0.2, -0.15) is 0 Å². The molecule has 1 amide bonds. The zero-order valence-electron chi connectivity index (χ0n) is 21.8. The molecule has 0 bridgehead atoms. The Morgan fingerprint density at radius 1 is 0.949 bits per heavy atom. The number of aliphatic imine (C=N–C) groups is 1. The molecule has 2 fully saturated rings. The van der Waals surface area contributed by atoms with Crippen LogP contribution in [-0.2, 0) is 4.79 Å². The molecule has 1 aliphatic heterocycles. The van der Waals surface area contributed by atoms with Gasteiger partial charge in [0.15, 0.2) is 5.17 Å². The van der Waals surface area contributed by atoms with Crippen molar-refractivity contribution in [2.24, 2.45) is 4.99 Å². The molecule has 1 aliphatic carbocycles. The molecule has 5 rings (SSSR count). The van der Waals surface area contributed by atoms with Gasteiger partial charge in [0.1, 0.15) is 0 Å². The number of benzene rings is 2. The molecule has 39 heavy (non-hydrogen) atoms. The average molecular weight is 544 g/mol. The number of carboxylic acids is 2. The van der Waals surface area contributed by atoms with Crippen LogP contribution in [0.1, 0.15) is 69.8 Å². The number of aryl methyl sites for hydroxylation is 1. The standard InChI is InChI=1S/C30H29N3O5S/c1-18-13-20(19(2)32(18)25-15-21(28(35)36)14-22(16-25)29(37)38)17-26-27(34)33(24-11-7-4-8-12-24)30(39-26)31-23-9-5-3-6-10-23/h3,5-6,9-10,13-17,24H,4,7-8,11-12H2,1-2H3,(H,35,36)(H,37,38)/b26-17-,31-30?. The second kappa shape index (κ2) is 10.9. The summed E-state index contributed by atoms with van der Waals surface area (Å²) in [6.45, 7) is 3.73. The number of aromatic carboxylic acids is 2.